The maximum Gasteiger partial charge on any atom is 0.411 e. The number of aryl methyl sites for hydroxylation is 1. The van der Waals surface area contributed by atoms with Crippen LogP contribution in [0.3, 0.4) is 0 Å². The van der Waals surface area contributed by atoms with Gasteiger partial charge in [-0.2, -0.15) is 0 Å². The number of nitrogens with one attached hydrogen (secondary N) is 3. The fraction of sp³-hybridized carbons (Fsp3) is 0.308. The highest BCUT2D eigenvalue weighted by Gasteiger charge is 2.18. The van der Waals surface area contributed by atoms with Gasteiger partial charge in [0.1, 0.15) is 0 Å². The van der Waals surface area contributed by atoms with Crippen molar-refractivity contribution in [2.24, 2.45) is 0 Å². The maximum absolute atomic E-state index is 11.5. The third-order valence-corrected chi connectivity index (χ3v) is 2.66. The van der Waals surface area contributed by atoms with Crippen LogP contribution in [0.4, 0.5) is 31.4 Å². The summed E-state index contributed by atoms with van der Waals surface area (Å²) in [6.45, 7) is 1.70. The number of methoxy groups -OCH3 is 3. The van der Waals surface area contributed by atoms with E-state index < -0.39 is 18.3 Å². The molecule has 0 aliphatic carbocycles. The van der Waals surface area contributed by atoms with Crippen LogP contribution in [0.2, 0.25) is 0 Å². The summed E-state index contributed by atoms with van der Waals surface area (Å²) < 4.78 is 13.6. The third-order valence-electron chi connectivity index (χ3n) is 2.66. The highest BCUT2D eigenvalue weighted by Crippen LogP contribution is 2.34. The summed E-state index contributed by atoms with van der Waals surface area (Å²) >= 11 is 0. The molecule has 0 radical (unpaired) electrons. The summed E-state index contributed by atoms with van der Waals surface area (Å²) in [6, 6.07) is 3.18. The molecule has 9 heteroatoms. The predicted octanol–water partition coefficient (Wildman–Crippen LogP) is 2.53. The van der Waals surface area contributed by atoms with Crippen molar-refractivity contribution in [2.45, 2.75) is 6.92 Å². The van der Waals surface area contributed by atoms with E-state index in [-0.39, 0.29) is 17.1 Å². The van der Waals surface area contributed by atoms with Gasteiger partial charge in [0.05, 0.1) is 38.4 Å². The van der Waals surface area contributed by atoms with Crippen molar-refractivity contribution in [1.82, 2.24) is 0 Å². The number of anilines is 3. The molecule has 0 aliphatic rings. The van der Waals surface area contributed by atoms with E-state index in [2.05, 4.69) is 30.2 Å². The zero-order chi connectivity index (χ0) is 16.7. The van der Waals surface area contributed by atoms with Gasteiger partial charge in [0.15, 0.2) is 0 Å². The number of hydrogen-bond donors (Lipinski definition) is 3. The fourth-order valence-electron chi connectivity index (χ4n) is 1.57. The van der Waals surface area contributed by atoms with Crippen LogP contribution in [0.15, 0.2) is 12.1 Å². The average Bonchev–Trinajstić information content (AvgIpc) is 2.52. The van der Waals surface area contributed by atoms with Gasteiger partial charge in [0, 0.05) is 0 Å². The quantitative estimate of drug-likeness (QED) is 0.739. The van der Waals surface area contributed by atoms with Gasteiger partial charge in [-0.25, -0.2) is 14.4 Å². The van der Waals surface area contributed by atoms with Crippen molar-refractivity contribution in [2.75, 3.05) is 37.3 Å². The van der Waals surface area contributed by atoms with Gasteiger partial charge in [-0.15, -0.1) is 0 Å². The molecule has 3 N–H and O–H groups in total. The van der Waals surface area contributed by atoms with E-state index in [0.717, 1.165) is 0 Å². The molecule has 0 saturated heterocycles. The van der Waals surface area contributed by atoms with Gasteiger partial charge < -0.3 is 14.2 Å². The van der Waals surface area contributed by atoms with Gasteiger partial charge in [-0.05, 0) is 18.6 Å². The number of benzene rings is 1. The van der Waals surface area contributed by atoms with Gasteiger partial charge in [0.2, 0.25) is 0 Å². The summed E-state index contributed by atoms with van der Waals surface area (Å²) in [6.07, 6.45) is -2.24. The number of carbonyl (C=O) groups is 3. The van der Waals surface area contributed by atoms with E-state index in [9.17, 15) is 14.4 Å². The van der Waals surface area contributed by atoms with Crippen molar-refractivity contribution >= 4 is 35.3 Å². The molecule has 1 rings (SSSR count). The van der Waals surface area contributed by atoms with Gasteiger partial charge in [-0.3, -0.25) is 16.0 Å². The molecule has 0 heterocycles. The summed E-state index contributed by atoms with van der Waals surface area (Å²) in [4.78, 5) is 34.3. The van der Waals surface area contributed by atoms with Crippen molar-refractivity contribution in [3.8, 4) is 0 Å². The van der Waals surface area contributed by atoms with Crippen LogP contribution in [-0.2, 0) is 14.2 Å². The number of carbonyl (C=O) groups excluding carboxylic acids is 3. The monoisotopic (exact) mass is 311 g/mol. The normalized spacial score (nSPS) is 9.45. The Bertz CT molecular complexity index is 587. The van der Waals surface area contributed by atoms with Gasteiger partial charge in [0.25, 0.3) is 0 Å². The standard InChI is InChI=1S/C13H17N3O6/c1-7-5-6-8(14-11(17)20-2)10(16-13(19)22-4)9(7)15-12(18)21-3/h5-6H,1-4H3,(H,14,17)(H,15,18)(H,16,19). The lowest BCUT2D eigenvalue weighted by molar-refractivity contribution is 0.185. The zero-order valence-electron chi connectivity index (χ0n) is 12.6. The minimum atomic E-state index is -0.772. The van der Waals surface area contributed by atoms with E-state index in [1.807, 2.05) is 0 Å². The molecule has 0 fully saturated rings. The Morgan fingerprint density at radius 1 is 0.773 bits per heavy atom. The van der Waals surface area contributed by atoms with Crippen molar-refractivity contribution < 1.29 is 28.6 Å². The predicted molar refractivity (Wildman–Crippen MR) is 79.3 cm³/mol. The van der Waals surface area contributed by atoms with Crippen LogP contribution in [0.5, 0.6) is 0 Å². The summed E-state index contributed by atoms with van der Waals surface area (Å²) in [5.74, 6) is 0. The number of amides is 3. The highest BCUT2D eigenvalue weighted by molar-refractivity contribution is 6.03. The van der Waals surface area contributed by atoms with Crippen LogP contribution in [0, 0.1) is 6.92 Å². The Morgan fingerprint density at radius 3 is 1.73 bits per heavy atom. The molecule has 1 aromatic carbocycles. The van der Waals surface area contributed by atoms with Crippen LogP contribution < -0.4 is 16.0 Å². The molecule has 1 aromatic rings. The second-order valence-electron chi connectivity index (χ2n) is 4.03. The molecule has 0 aliphatic heterocycles. The van der Waals surface area contributed by atoms with Gasteiger partial charge in [-0.1, -0.05) is 6.07 Å². The van der Waals surface area contributed by atoms with Crippen LogP contribution >= 0.6 is 0 Å². The Hall–Kier alpha value is -2.97. The molecule has 22 heavy (non-hydrogen) atoms. The SMILES string of the molecule is COC(=O)Nc1ccc(C)c(NC(=O)OC)c1NC(=O)OC. The smallest absolute Gasteiger partial charge is 0.411 e. The van der Waals surface area contributed by atoms with E-state index in [0.29, 0.717) is 5.56 Å². The molecule has 0 saturated carbocycles. The van der Waals surface area contributed by atoms with E-state index in [1.165, 1.54) is 21.3 Å². The van der Waals surface area contributed by atoms with E-state index >= 15 is 0 Å². The molecular weight excluding hydrogens is 294 g/mol. The van der Waals surface area contributed by atoms with Crippen LogP contribution in [-0.4, -0.2) is 39.6 Å². The molecule has 0 unspecified atom stereocenters. The number of rotatable bonds is 3. The third kappa shape index (κ3) is 4.27. The van der Waals surface area contributed by atoms with E-state index in [4.69, 9.17) is 0 Å². The molecule has 3 amide bonds. The Kier molecular flexibility index (Phi) is 5.99. The second-order valence-corrected chi connectivity index (χ2v) is 4.03. The minimum Gasteiger partial charge on any atom is -0.453 e. The lowest BCUT2D eigenvalue weighted by Gasteiger charge is -2.18. The Balaban J connectivity index is 3.31. The molecule has 120 valence electrons. The van der Waals surface area contributed by atoms with Gasteiger partial charge >= 0.3 is 18.3 Å². The van der Waals surface area contributed by atoms with Crippen LogP contribution in [0.25, 0.3) is 0 Å². The minimum absolute atomic E-state index is 0.141. The largest absolute Gasteiger partial charge is 0.453 e. The topological polar surface area (TPSA) is 115 Å². The lowest BCUT2D eigenvalue weighted by Crippen LogP contribution is -2.20. The summed E-state index contributed by atoms with van der Waals surface area (Å²) in [7, 11) is 3.59. The van der Waals surface area contributed by atoms with E-state index in [1.54, 1.807) is 19.1 Å². The summed E-state index contributed by atoms with van der Waals surface area (Å²) in [5.41, 5.74) is 1.25. The molecule has 9 nitrogen and oxygen atoms in total. The summed E-state index contributed by atoms with van der Waals surface area (Å²) in [5, 5.41) is 7.32. The van der Waals surface area contributed by atoms with Crippen molar-refractivity contribution in [3.63, 3.8) is 0 Å². The molecule has 0 spiro atoms. The second kappa shape index (κ2) is 7.72. The van der Waals surface area contributed by atoms with Crippen molar-refractivity contribution in [1.29, 1.82) is 0 Å². The maximum atomic E-state index is 11.5. The molecular formula is C13H17N3O6. The first-order valence-corrected chi connectivity index (χ1v) is 6.11. The first-order chi connectivity index (χ1) is 10.4. The van der Waals surface area contributed by atoms with Crippen LogP contribution in [0.1, 0.15) is 5.56 Å². The first-order valence-electron chi connectivity index (χ1n) is 6.11. The number of ether oxygens (including phenoxy) is 3. The average molecular weight is 311 g/mol. The van der Waals surface area contributed by atoms with Crippen molar-refractivity contribution in [3.05, 3.63) is 17.7 Å². The number of hydrogen-bond acceptors (Lipinski definition) is 6. The Morgan fingerprint density at radius 2 is 1.23 bits per heavy atom. The Labute approximate surface area is 126 Å². The molecule has 0 bridgehead atoms. The molecule has 0 atom stereocenters. The first kappa shape index (κ1) is 17.1. The lowest BCUT2D eigenvalue weighted by atomic mass is 10.1. The fourth-order valence-corrected chi connectivity index (χ4v) is 1.57. The molecule has 0 aromatic heterocycles. The zero-order valence-corrected chi connectivity index (χ0v) is 12.6. The highest BCUT2D eigenvalue weighted by atomic mass is 16.5.